The van der Waals surface area contributed by atoms with Crippen LogP contribution in [0, 0.1) is 5.92 Å². The summed E-state index contributed by atoms with van der Waals surface area (Å²) in [5.74, 6) is 0.735. The van der Waals surface area contributed by atoms with Crippen LogP contribution in [0.15, 0.2) is 24.3 Å². The van der Waals surface area contributed by atoms with Crippen molar-refractivity contribution in [2.45, 2.75) is 33.2 Å². The van der Waals surface area contributed by atoms with E-state index < -0.39 is 0 Å². The third-order valence-corrected chi connectivity index (χ3v) is 3.09. The summed E-state index contributed by atoms with van der Waals surface area (Å²) in [6, 6.07) is 7.66. The first-order valence-corrected chi connectivity index (χ1v) is 7.28. The van der Waals surface area contributed by atoms with Crippen LogP contribution in [0.1, 0.15) is 32.3 Å². The molecule has 0 saturated heterocycles. The maximum Gasteiger partial charge on any atom is 0.224 e. The van der Waals surface area contributed by atoms with Crippen molar-refractivity contribution in [2.75, 3.05) is 25.5 Å². The van der Waals surface area contributed by atoms with Crippen molar-refractivity contribution in [3.63, 3.8) is 0 Å². The Morgan fingerprint density at radius 2 is 1.95 bits per heavy atom. The van der Waals surface area contributed by atoms with Crippen LogP contribution in [0.5, 0.6) is 0 Å². The monoisotopic (exact) mass is 277 g/mol. The minimum absolute atomic E-state index is 0.0726. The van der Waals surface area contributed by atoms with Gasteiger partial charge in [0.2, 0.25) is 5.91 Å². The number of carbonyl (C=O) groups is 1. The lowest BCUT2D eigenvalue weighted by molar-refractivity contribution is -0.116. The topological polar surface area (TPSA) is 58.4 Å². The Balaban J connectivity index is 2.25. The van der Waals surface area contributed by atoms with Crippen LogP contribution >= 0.6 is 0 Å². The van der Waals surface area contributed by atoms with Crippen LogP contribution in [0.4, 0.5) is 5.69 Å². The Bertz CT molecular complexity index is 401. The zero-order valence-electron chi connectivity index (χ0n) is 12.9. The van der Waals surface area contributed by atoms with Gasteiger partial charge in [-0.3, -0.25) is 4.79 Å². The second kappa shape index (κ2) is 8.72. The van der Waals surface area contributed by atoms with Gasteiger partial charge in [-0.2, -0.15) is 0 Å². The summed E-state index contributed by atoms with van der Waals surface area (Å²) < 4.78 is 0. The Morgan fingerprint density at radius 1 is 1.30 bits per heavy atom. The summed E-state index contributed by atoms with van der Waals surface area (Å²) in [6.45, 7) is 6.96. The lowest BCUT2D eigenvalue weighted by Crippen LogP contribution is -2.25. The van der Waals surface area contributed by atoms with Gasteiger partial charge in [0.25, 0.3) is 0 Å². The molecule has 0 fully saturated rings. The molecule has 4 nitrogen and oxygen atoms in total. The van der Waals surface area contributed by atoms with E-state index in [1.807, 2.05) is 24.3 Å². The molecule has 0 saturated carbocycles. The van der Waals surface area contributed by atoms with Gasteiger partial charge in [0, 0.05) is 25.2 Å². The Hall–Kier alpha value is -1.39. The molecule has 0 aromatic heterocycles. The van der Waals surface area contributed by atoms with Crippen LogP contribution in [-0.4, -0.2) is 30.9 Å². The number of amides is 1. The fraction of sp³-hybridized carbons (Fsp3) is 0.562. The van der Waals surface area contributed by atoms with E-state index in [1.54, 1.807) is 0 Å². The first-order valence-electron chi connectivity index (χ1n) is 7.28. The van der Waals surface area contributed by atoms with E-state index in [4.69, 9.17) is 5.73 Å². The van der Waals surface area contributed by atoms with Gasteiger partial charge in [0.1, 0.15) is 0 Å². The summed E-state index contributed by atoms with van der Waals surface area (Å²) in [6.07, 6.45) is 1.44. The van der Waals surface area contributed by atoms with Gasteiger partial charge in [-0.25, -0.2) is 0 Å². The molecule has 20 heavy (non-hydrogen) atoms. The Labute approximate surface area is 122 Å². The van der Waals surface area contributed by atoms with Crippen molar-refractivity contribution in [3.8, 4) is 0 Å². The van der Waals surface area contributed by atoms with Crippen molar-refractivity contribution >= 4 is 11.6 Å². The molecule has 1 amide bonds. The minimum atomic E-state index is 0.0726. The first kappa shape index (κ1) is 16.7. The number of rotatable bonds is 8. The van der Waals surface area contributed by atoms with Crippen LogP contribution in [0.2, 0.25) is 0 Å². The summed E-state index contributed by atoms with van der Waals surface area (Å²) in [5.41, 5.74) is 7.44. The van der Waals surface area contributed by atoms with E-state index in [-0.39, 0.29) is 5.91 Å². The highest BCUT2D eigenvalue weighted by atomic mass is 16.1. The lowest BCUT2D eigenvalue weighted by Gasteiger charge is -2.18. The molecule has 0 heterocycles. The average Bonchev–Trinajstić information content (AvgIpc) is 2.38. The molecule has 0 spiro atoms. The lowest BCUT2D eigenvalue weighted by atomic mass is 10.2. The highest BCUT2D eigenvalue weighted by Crippen LogP contribution is 2.10. The molecular weight excluding hydrogens is 250 g/mol. The third kappa shape index (κ3) is 6.68. The van der Waals surface area contributed by atoms with Gasteiger partial charge in [-0.15, -0.1) is 0 Å². The maximum atomic E-state index is 11.8. The number of nitrogens with two attached hydrogens (primary N) is 1. The molecule has 4 heteroatoms. The zero-order chi connectivity index (χ0) is 15.0. The molecule has 3 N–H and O–H groups in total. The zero-order valence-corrected chi connectivity index (χ0v) is 12.9. The predicted molar refractivity (Wildman–Crippen MR) is 84.5 cm³/mol. The highest BCUT2D eigenvalue weighted by Gasteiger charge is 2.05. The standard InChI is InChI=1S/C16H27N3O/c1-13(2)12-19(3)10-4-5-16(20)18-15-8-6-14(11-17)7-9-15/h6-9,13H,4-5,10-12,17H2,1-3H3,(H,18,20). The molecule has 0 unspecified atom stereocenters. The molecule has 1 aromatic carbocycles. The summed E-state index contributed by atoms with van der Waals surface area (Å²) in [5, 5.41) is 2.91. The van der Waals surface area contributed by atoms with Gasteiger partial charge >= 0.3 is 0 Å². The summed E-state index contributed by atoms with van der Waals surface area (Å²) in [7, 11) is 2.10. The van der Waals surface area contributed by atoms with Gasteiger partial charge in [-0.05, 0) is 43.6 Å². The second-order valence-electron chi connectivity index (χ2n) is 5.71. The van der Waals surface area contributed by atoms with Crippen molar-refractivity contribution < 1.29 is 4.79 Å². The van der Waals surface area contributed by atoms with Crippen molar-refractivity contribution in [1.82, 2.24) is 4.90 Å². The highest BCUT2D eigenvalue weighted by molar-refractivity contribution is 5.90. The maximum absolute atomic E-state index is 11.8. The summed E-state index contributed by atoms with van der Waals surface area (Å²) >= 11 is 0. The predicted octanol–water partition coefficient (Wildman–Crippen LogP) is 2.45. The van der Waals surface area contributed by atoms with Gasteiger partial charge in [0.15, 0.2) is 0 Å². The number of hydrogen-bond donors (Lipinski definition) is 2. The number of nitrogens with zero attached hydrogens (tertiary/aromatic N) is 1. The van der Waals surface area contributed by atoms with E-state index >= 15 is 0 Å². The molecule has 0 aliphatic carbocycles. The van der Waals surface area contributed by atoms with Crippen LogP contribution < -0.4 is 11.1 Å². The van der Waals surface area contributed by atoms with Crippen LogP contribution in [-0.2, 0) is 11.3 Å². The Morgan fingerprint density at radius 3 is 2.50 bits per heavy atom. The third-order valence-electron chi connectivity index (χ3n) is 3.09. The van der Waals surface area contributed by atoms with E-state index in [9.17, 15) is 4.79 Å². The molecule has 0 atom stereocenters. The fourth-order valence-electron chi connectivity index (χ4n) is 2.17. The Kier molecular flexibility index (Phi) is 7.26. The fourth-order valence-corrected chi connectivity index (χ4v) is 2.17. The molecule has 0 aliphatic heterocycles. The van der Waals surface area contributed by atoms with Crippen molar-refractivity contribution in [1.29, 1.82) is 0 Å². The normalized spacial score (nSPS) is 11.1. The largest absolute Gasteiger partial charge is 0.326 e. The van der Waals surface area contributed by atoms with E-state index in [0.29, 0.717) is 18.9 Å². The number of hydrogen-bond acceptors (Lipinski definition) is 3. The van der Waals surface area contributed by atoms with Crippen molar-refractivity contribution in [2.24, 2.45) is 11.7 Å². The van der Waals surface area contributed by atoms with Gasteiger partial charge in [0.05, 0.1) is 0 Å². The van der Waals surface area contributed by atoms with E-state index in [1.165, 1.54) is 0 Å². The molecular formula is C16H27N3O. The molecule has 0 radical (unpaired) electrons. The smallest absolute Gasteiger partial charge is 0.224 e. The van der Waals surface area contributed by atoms with E-state index in [0.717, 1.165) is 30.8 Å². The second-order valence-corrected chi connectivity index (χ2v) is 5.71. The van der Waals surface area contributed by atoms with Crippen LogP contribution in [0.3, 0.4) is 0 Å². The molecule has 0 aliphatic rings. The summed E-state index contributed by atoms with van der Waals surface area (Å²) in [4.78, 5) is 14.1. The van der Waals surface area contributed by atoms with Crippen molar-refractivity contribution in [3.05, 3.63) is 29.8 Å². The van der Waals surface area contributed by atoms with Crippen LogP contribution in [0.25, 0.3) is 0 Å². The molecule has 1 rings (SSSR count). The number of anilines is 1. The molecule has 112 valence electrons. The quantitative estimate of drug-likeness (QED) is 0.767. The SMILES string of the molecule is CC(C)CN(C)CCCC(=O)Nc1ccc(CN)cc1. The number of benzene rings is 1. The van der Waals surface area contributed by atoms with Gasteiger partial charge in [-0.1, -0.05) is 26.0 Å². The minimum Gasteiger partial charge on any atom is -0.326 e. The first-order chi connectivity index (χ1) is 9.51. The average molecular weight is 277 g/mol. The van der Waals surface area contributed by atoms with E-state index in [2.05, 4.69) is 31.1 Å². The number of carbonyl (C=O) groups excluding carboxylic acids is 1. The number of nitrogens with one attached hydrogen (secondary N) is 1. The molecule has 0 bridgehead atoms. The van der Waals surface area contributed by atoms with Gasteiger partial charge < -0.3 is 16.0 Å². The molecule has 1 aromatic rings.